The first-order valence-electron chi connectivity index (χ1n) is 5.98. The van der Waals surface area contributed by atoms with Crippen LogP contribution in [0.1, 0.15) is 5.56 Å². The quantitative estimate of drug-likeness (QED) is 0.672. The minimum atomic E-state index is -0.579. The van der Waals surface area contributed by atoms with Crippen LogP contribution in [0, 0.1) is 21.7 Å². The van der Waals surface area contributed by atoms with E-state index in [2.05, 4.69) is 5.32 Å². The van der Waals surface area contributed by atoms with Crippen LogP contribution < -0.4 is 5.32 Å². The highest BCUT2D eigenvalue weighted by atomic mass is 19.1. The van der Waals surface area contributed by atoms with E-state index in [1.165, 1.54) is 12.1 Å². The van der Waals surface area contributed by atoms with Gasteiger partial charge in [0, 0.05) is 18.7 Å². The summed E-state index contributed by atoms with van der Waals surface area (Å²) in [5.41, 5.74) is 0.689. The smallest absolute Gasteiger partial charge is 0.292 e. The van der Waals surface area contributed by atoms with Crippen LogP contribution in [0.15, 0.2) is 42.5 Å². The highest BCUT2D eigenvalue weighted by Gasteiger charge is 2.13. The highest BCUT2D eigenvalue weighted by molar-refractivity contribution is 5.61. The third-order valence-corrected chi connectivity index (χ3v) is 2.77. The maximum absolute atomic E-state index is 13.1. The molecule has 6 heteroatoms. The Morgan fingerprint density at radius 3 is 2.55 bits per heavy atom. The van der Waals surface area contributed by atoms with Gasteiger partial charge >= 0.3 is 0 Å². The van der Waals surface area contributed by atoms with Crippen molar-refractivity contribution in [3.05, 3.63) is 69.8 Å². The molecule has 0 fully saturated rings. The largest absolute Gasteiger partial charge is 0.379 e. The Morgan fingerprint density at radius 2 is 1.85 bits per heavy atom. The lowest BCUT2D eigenvalue weighted by Gasteiger charge is -2.07. The molecule has 0 saturated carbocycles. The molecule has 0 aromatic heterocycles. The van der Waals surface area contributed by atoms with Crippen molar-refractivity contribution in [3.63, 3.8) is 0 Å². The highest BCUT2D eigenvalue weighted by Crippen LogP contribution is 2.24. The molecule has 2 aromatic carbocycles. The second-order valence-corrected chi connectivity index (χ2v) is 4.23. The van der Waals surface area contributed by atoms with Crippen LogP contribution in [-0.2, 0) is 6.42 Å². The number of benzene rings is 2. The number of halogens is 2. The van der Waals surface area contributed by atoms with Crippen LogP contribution in [0.2, 0.25) is 0 Å². The van der Waals surface area contributed by atoms with Crippen molar-refractivity contribution in [2.24, 2.45) is 0 Å². The van der Waals surface area contributed by atoms with Crippen molar-refractivity contribution >= 4 is 11.4 Å². The Bertz CT molecular complexity index is 632. The number of nitro benzene ring substituents is 1. The van der Waals surface area contributed by atoms with Gasteiger partial charge in [0.1, 0.15) is 17.3 Å². The SMILES string of the molecule is O=[N+]([O-])c1ccc(F)cc1NCCc1cccc(F)c1. The normalized spacial score (nSPS) is 10.3. The van der Waals surface area contributed by atoms with E-state index >= 15 is 0 Å². The average molecular weight is 278 g/mol. The molecule has 0 saturated heterocycles. The van der Waals surface area contributed by atoms with Crippen molar-refractivity contribution in [2.45, 2.75) is 6.42 Å². The van der Waals surface area contributed by atoms with Crippen molar-refractivity contribution in [1.29, 1.82) is 0 Å². The molecule has 0 unspecified atom stereocenters. The molecule has 0 radical (unpaired) electrons. The van der Waals surface area contributed by atoms with E-state index in [4.69, 9.17) is 0 Å². The zero-order chi connectivity index (χ0) is 14.5. The number of rotatable bonds is 5. The summed E-state index contributed by atoms with van der Waals surface area (Å²) in [6, 6.07) is 9.30. The van der Waals surface area contributed by atoms with Crippen LogP contribution in [0.4, 0.5) is 20.2 Å². The van der Waals surface area contributed by atoms with Gasteiger partial charge in [-0.3, -0.25) is 10.1 Å². The summed E-state index contributed by atoms with van der Waals surface area (Å²) in [6.07, 6.45) is 0.478. The van der Waals surface area contributed by atoms with Crippen LogP contribution in [0.5, 0.6) is 0 Å². The van der Waals surface area contributed by atoms with Crippen LogP contribution >= 0.6 is 0 Å². The van der Waals surface area contributed by atoms with E-state index < -0.39 is 10.7 Å². The maximum atomic E-state index is 13.1. The lowest BCUT2D eigenvalue weighted by atomic mass is 10.1. The summed E-state index contributed by atoms with van der Waals surface area (Å²) in [4.78, 5) is 10.2. The molecule has 2 rings (SSSR count). The van der Waals surface area contributed by atoms with Gasteiger partial charge in [-0.1, -0.05) is 12.1 Å². The fourth-order valence-electron chi connectivity index (χ4n) is 1.84. The first-order valence-corrected chi connectivity index (χ1v) is 5.98. The molecule has 0 amide bonds. The molecule has 104 valence electrons. The second-order valence-electron chi connectivity index (χ2n) is 4.23. The van der Waals surface area contributed by atoms with E-state index in [0.717, 1.165) is 23.8 Å². The first kappa shape index (κ1) is 13.9. The molecular weight excluding hydrogens is 266 g/mol. The minimum absolute atomic E-state index is 0.117. The van der Waals surface area contributed by atoms with Gasteiger partial charge in [0.2, 0.25) is 0 Å². The summed E-state index contributed by atoms with van der Waals surface area (Å²) in [5, 5.41) is 13.6. The summed E-state index contributed by atoms with van der Waals surface area (Å²) in [7, 11) is 0. The molecule has 4 nitrogen and oxygen atoms in total. The third kappa shape index (κ3) is 3.50. The zero-order valence-corrected chi connectivity index (χ0v) is 10.5. The monoisotopic (exact) mass is 278 g/mol. The number of nitro groups is 1. The van der Waals surface area contributed by atoms with Crippen LogP contribution in [0.3, 0.4) is 0 Å². The molecule has 0 heterocycles. The van der Waals surface area contributed by atoms with Gasteiger partial charge in [0.15, 0.2) is 0 Å². The lowest BCUT2D eigenvalue weighted by molar-refractivity contribution is -0.384. The molecule has 20 heavy (non-hydrogen) atoms. The molecule has 0 bridgehead atoms. The van der Waals surface area contributed by atoms with Crippen molar-refractivity contribution in [2.75, 3.05) is 11.9 Å². The Labute approximate surface area is 114 Å². The van der Waals surface area contributed by atoms with Crippen molar-refractivity contribution in [3.8, 4) is 0 Å². The van der Waals surface area contributed by atoms with Crippen LogP contribution in [0.25, 0.3) is 0 Å². The predicted octanol–water partition coefficient (Wildman–Crippen LogP) is 3.53. The molecule has 0 aliphatic carbocycles. The van der Waals surface area contributed by atoms with Gasteiger partial charge < -0.3 is 5.32 Å². The Morgan fingerprint density at radius 1 is 1.10 bits per heavy atom. The molecule has 0 atom stereocenters. The average Bonchev–Trinajstić information content (AvgIpc) is 2.38. The number of hydrogen-bond acceptors (Lipinski definition) is 3. The van der Waals surface area contributed by atoms with E-state index in [0.29, 0.717) is 13.0 Å². The van der Waals surface area contributed by atoms with Gasteiger partial charge in [0.25, 0.3) is 5.69 Å². The summed E-state index contributed by atoms with van der Waals surface area (Å²) >= 11 is 0. The fraction of sp³-hybridized carbons (Fsp3) is 0.143. The Hall–Kier alpha value is -2.50. The number of nitrogens with one attached hydrogen (secondary N) is 1. The molecule has 0 aliphatic heterocycles. The zero-order valence-electron chi connectivity index (χ0n) is 10.5. The number of nitrogens with zero attached hydrogens (tertiary/aromatic N) is 1. The van der Waals surface area contributed by atoms with Crippen molar-refractivity contribution in [1.82, 2.24) is 0 Å². The van der Waals surface area contributed by atoms with Gasteiger partial charge in [-0.15, -0.1) is 0 Å². The maximum Gasteiger partial charge on any atom is 0.292 e. The lowest BCUT2D eigenvalue weighted by Crippen LogP contribution is -2.07. The number of hydrogen-bond donors (Lipinski definition) is 1. The topological polar surface area (TPSA) is 55.2 Å². The van der Waals surface area contributed by atoms with E-state index in [1.54, 1.807) is 12.1 Å². The van der Waals surface area contributed by atoms with E-state index in [-0.39, 0.29) is 17.2 Å². The Kier molecular flexibility index (Phi) is 4.24. The summed E-state index contributed by atoms with van der Waals surface area (Å²) in [6.45, 7) is 0.341. The van der Waals surface area contributed by atoms with Gasteiger partial charge in [-0.25, -0.2) is 8.78 Å². The van der Waals surface area contributed by atoms with Gasteiger partial charge in [-0.2, -0.15) is 0 Å². The third-order valence-electron chi connectivity index (χ3n) is 2.77. The molecular formula is C14H12F2N2O2. The summed E-state index contributed by atoms with van der Waals surface area (Å²) < 4.78 is 26.1. The van der Waals surface area contributed by atoms with Crippen molar-refractivity contribution < 1.29 is 13.7 Å². The first-order chi connectivity index (χ1) is 9.56. The predicted molar refractivity (Wildman–Crippen MR) is 71.6 cm³/mol. The van der Waals surface area contributed by atoms with E-state index in [1.807, 2.05) is 0 Å². The molecule has 2 aromatic rings. The number of anilines is 1. The standard InChI is InChI=1S/C14H12F2N2O2/c15-11-3-1-2-10(8-11)6-7-17-13-9-12(16)4-5-14(13)18(19)20/h1-5,8-9,17H,6-7H2. The molecule has 1 N–H and O–H groups in total. The second kappa shape index (κ2) is 6.10. The fourth-order valence-corrected chi connectivity index (χ4v) is 1.84. The molecule has 0 spiro atoms. The molecule has 0 aliphatic rings. The van der Waals surface area contributed by atoms with Gasteiger partial charge in [-0.05, 0) is 30.2 Å². The minimum Gasteiger partial charge on any atom is -0.379 e. The summed E-state index contributed by atoms with van der Waals surface area (Å²) in [5.74, 6) is -0.886. The van der Waals surface area contributed by atoms with E-state index in [9.17, 15) is 18.9 Å². The Balaban J connectivity index is 2.04. The van der Waals surface area contributed by atoms with Gasteiger partial charge in [0.05, 0.1) is 4.92 Å². The van der Waals surface area contributed by atoms with Crippen LogP contribution in [-0.4, -0.2) is 11.5 Å².